The molecule has 0 saturated carbocycles. The molecule has 1 N–H and O–H groups in total. The minimum absolute atomic E-state index is 0.669. The van der Waals surface area contributed by atoms with Crippen LogP contribution < -0.4 is 10.1 Å². The van der Waals surface area contributed by atoms with Gasteiger partial charge in [-0.3, -0.25) is 0 Å². The van der Waals surface area contributed by atoms with Crippen molar-refractivity contribution in [1.29, 1.82) is 0 Å². The van der Waals surface area contributed by atoms with Crippen LogP contribution in [0.2, 0.25) is 0 Å². The summed E-state index contributed by atoms with van der Waals surface area (Å²) in [6.45, 7) is 3.08. The van der Waals surface area contributed by atoms with Crippen molar-refractivity contribution >= 4 is 15.9 Å². The van der Waals surface area contributed by atoms with Crippen LogP contribution in [0.5, 0.6) is 5.75 Å². The van der Waals surface area contributed by atoms with Gasteiger partial charge in [0.15, 0.2) is 0 Å². The standard InChI is InChI=1S/C12H16BrNO/c13-11-3-5-12(6-4-11)15-9-10-2-1-7-14-8-10/h3-6,10,14H,1-2,7-9H2. The van der Waals surface area contributed by atoms with Crippen LogP contribution >= 0.6 is 15.9 Å². The van der Waals surface area contributed by atoms with Crippen LogP contribution in [0.15, 0.2) is 28.7 Å². The Hall–Kier alpha value is -0.540. The van der Waals surface area contributed by atoms with E-state index < -0.39 is 0 Å². The number of hydrogen-bond donors (Lipinski definition) is 1. The van der Waals surface area contributed by atoms with Crippen molar-refractivity contribution in [2.75, 3.05) is 19.7 Å². The SMILES string of the molecule is Brc1ccc(OCC2CCCNC2)cc1. The molecule has 1 aromatic carbocycles. The minimum atomic E-state index is 0.669. The second kappa shape index (κ2) is 5.52. The maximum Gasteiger partial charge on any atom is 0.119 e. The molecule has 1 saturated heterocycles. The smallest absolute Gasteiger partial charge is 0.119 e. The van der Waals surface area contributed by atoms with Crippen LogP contribution in [-0.4, -0.2) is 19.7 Å². The molecular weight excluding hydrogens is 254 g/mol. The Morgan fingerprint density at radius 3 is 2.80 bits per heavy atom. The van der Waals surface area contributed by atoms with E-state index in [2.05, 4.69) is 21.2 Å². The number of ether oxygens (including phenoxy) is 1. The molecule has 1 aromatic rings. The molecule has 82 valence electrons. The van der Waals surface area contributed by atoms with Gasteiger partial charge in [0.2, 0.25) is 0 Å². The minimum Gasteiger partial charge on any atom is -0.493 e. The van der Waals surface area contributed by atoms with Crippen LogP contribution in [0.4, 0.5) is 0 Å². The Balaban J connectivity index is 1.79. The summed E-state index contributed by atoms with van der Waals surface area (Å²) in [7, 11) is 0. The normalized spacial score (nSPS) is 21.3. The number of halogens is 1. The van der Waals surface area contributed by atoms with Crippen LogP contribution in [0.1, 0.15) is 12.8 Å². The van der Waals surface area contributed by atoms with Gasteiger partial charge in [0.25, 0.3) is 0 Å². The van der Waals surface area contributed by atoms with Gasteiger partial charge in [-0.15, -0.1) is 0 Å². The molecule has 1 aliphatic rings. The van der Waals surface area contributed by atoms with E-state index in [1.807, 2.05) is 24.3 Å². The lowest BCUT2D eigenvalue weighted by Gasteiger charge is -2.22. The molecule has 0 aliphatic carbocycles. The molecule has 0 amide bonds. The Bertz CT molecular complexity index is 293. The van der Waals surface area contributed by atoms with Gasteiger partial charge in [-0.05, 0) is 43.7 Å². The highest BCUT2D eigenvalue weighted by atomic mass is 79.9. The molecular formula is C12H16BrNO. The van der Waals surface area contributed by atoms with Gasteiger partial charge in [0.1, 0.15) is 5.75 Å². The van der Waals surface area contributed by atoms with E-state index in [-0.39, 0.29) is 0 Å². The van der Waals surface area contributed by atoms with Gasteiger partial charge in [-0.1, -0.05) is 15.9 Å². The molecule has 0 bridgehead atoms. The predicted molar refractivity (Wildman–Crippen MR) is 65.2 cm³/mol. The zero-order valence-electron chi connectivity index (χ0n) is 8.71. The van der Waals surface area contributed by atoms with E-state index in [0.29, 0.717) is 5.92 Å². The Labute approximate surface area is 99.1 Å². The van der Waals surface area contributed by atoms with E-state index in [1.165, 1.54) is 12.8 Å². The summed E-state index contributed by atoms with van der Waals surface area (Å²) in [6, 6.07) is 8.02. The molecule has 1 unspecified atom stereocenters. The van der Waals surface area contributed by atoms with Crippen molar-refractivity contribution in [3.05, 3.63) is 28.7 Å². The fourth-order valence-electron chi connectivity index (χ4n) is 1.81. The van der Waals surface area contributed by atoms with Gasteiger partial charge in [0, 0.05) is 16.9 Å². The molecule has 2 rings (SSSR count). The number of nitrogens with one attached hydrogen (secondary N) is 1. The quantitative estimate of drug-likeness (QED) is 0.911. The van der Waals surface area contributed by atoms with Gasteiger partial charge in [-0.25, -0.2) is 0 Å². The van der Waals surface area contributed by atoms with E-state index in [0.717, 1.165) is 29.9 Å². The fourth-order valence-corrected chi connectivity index (χ4v) is 2.08. The zero-order chi connectivity index (χ0) is 10.5. The number of benzene rings is 1. The summed E-state index contributed by atoms with van der Waals surface area (Å²) in [5.41, 5.74) is 0. The maximum atomic E-state index is 5.74. The second-order valence-electron chi connectivity index (χ2n) is 3.98. The molecule has 1 aliphatic heterocycles. The lowest BCUT2D eigenvalue weighted by molar-refractivity contribution is 0.218. The van der Waals surface area contributed by atoms with Crippen molar-refractivity contribution in [2.45, 2.75) is 12.8 Å². The van der Waals surface area contributed by atoms with Gasteiger partial charge in [-0.2, -0.15) is 0 Å². The third-order valence-corrected chi connectivity index (χ3v) is 3.23. The van der Waals surface area contributed by atoms with E-state index in [1.54, 1.807) is 0 Å². The summed E-state index contributed by atoms with van der Waals surface area (Å²) in [5, 5.41) is 3.39. The summed E-state index contributed by atoms with van der Waals surface area (Å²) in [4.78, 5) is 0. The van der Waals surface area contributed by atoms with Crippen molar-refractivity contribution in [3.8, 4) is 5.75 Å². The van der Waals surface area contributed by atoms with E-state index >= 15 is 0 Å². The first-order valence-electron chi connectivity index (χ1n) is 5.44. The monoisotopic (exact) mass is 269 g/mol. The van der Waals surface area contributed by atoms with Crippen molar-refractivity contribution < 1.29 is 4.74 Å². The summed E-state index contributed by atoms with van der Waals surface area (Å²) in [6.07, 6.45) is 2.55. The topological polar surface area (TPSA) is 21.3 Å². The lowest BCUT2D eigenvalue weighted by Crippen LogP contribution is -2.33. The van der Waals surface area contributed by atoms with Gasteiger partial charge < -0.3 is 10.1 Å². The zero-order valence-corrected chi connectivity index (χ0v) is 10.3. The largest absolute Gasteiger partial charge is 0.493 e. The van der Waals surface area contributed by atoms with E-state index in [9.17, 15) is 0 Å². The van der Waals surface area contributed by atoms with Crippen LogP contribution in [0.3, 0.4) is 0 Å². The highest BCUT2D eigenvalue weighted by molar-refractivity contribution is 9.10. The molecule has 0 spiro atoms. The molecule has 1 fully saturated rings. The third-order valence-electron chi connectivity index (χ3n) is 2.70. The molecule has 0 radical (unpaired) electrons. The van der Waals surface area contributed by atoms with Crippen LogP contribution in [-0.2, 0) is 0 Å². The molecule has 1 atom stereocenters. The van der Waals surface area contributed by atoms with Crippen molar-refractivity contribution in [2.24, 2.45) is 5.92 Å². The van der Waals surface area contributed by atoms with Gasteiger partial charge in [0.05, 0.1) is 6.61 Å². The third kappa shape index (κ3) is 3.50. The molecule has 15 heavy (non-hydrogen) atoms. The molecule has 0 aromatic heterocycles. The predicted octanol–water partition coefficient (Wildman–Crippen LogP) is 2.83. The van der Waals surface area contributed by atoms with E-state index in [4.69, 9.17) is 4.74 Å². The van der Waals surface area contributed by atoms with Crippen LogP contribution in [0.25, 0.3) is 0 Å². The van der Waals surface area contributed by atoms with Crippen LogP contribution in [0, 0.1) is 5.92 Å². The fraction of sp³-hybridized carbons (Fsp3) is 0.500. The molecule has 3 heteroatoms. The first-order chi connectivity index (χ1) is 7.34. The first kappa shape index (κ1) is 11.0. The Morgan fingerprint density at radius 2 is 2.13 bits per heavy atom. The maximum absolute atomic E-state index is 5.74. The summed E-state index contributed by atoms with van der Waals surface area (Å²) < 4.78 is 6.83. The Morgan fingerprint density at radius 1 is 1.33 bits per heavy atom. The highest BCUT2D eigenvalue weighted by Crippen LogP contribution is 2.18. The average Bonchev–Trinajstić information content (AvgIpc) is 2.30. The first-order valence-corrected chi connectivity index (χ1v) is 6.23. The second-order valence-corrected chi connectivity index (χ2v) is 4.89. The lowest BCUT2D eigenvalue weighted by atomic mass is 10.0. The number of hydrogen-bond acceptors (Lipinski definition) is 2. The van der Waals surface area contributed by atoms with Gasteiger partial charge >= 0.3 is 0 Å². The van der Waals surface area contributed by atoms with Crippen molar-refractivity contribution in [1.82, 2.24) is 5.32 Å². The summed E-state index contributed by atoms with van der Waals surface area (Å²) in [5.74, 6) is 1.63. The average molecular weight is 270 g/mol. The highest BCUT2D eigenvalue weighted by Gasteiger charge is 2.13. The molecule has 1 heterocycles. The number of rotatable bonds is 3. The number of piperidine rings is 1. The summed E-state index contributed by atoms with van der Waals surface area (Å²) >= 11 is 3.41. The molecule has 2 nitrogen and oxygen atoms in total. The Kier molecular flexibility index (Phi) is 4.03. The van der Waals surface area contributed by atoms with Crippen molar-refractivity contribution in [3.63, 3.8) is 0 Å².